The minimum Gasteiger partial charge on any atom is -0.355 e. The lowest BCUT2D eigenvalue weighted by atomic mass is 10.0. The van der Waals surface area contributed by atoms with Crippen LogP contribution >= 0.6 is 11.6 Å². The van der Waals surface area contributed by atoms with Crippen LogP contribution in [-0.4, -0.2) is 44.3 Å². The Labute approximate surface area is 252 Å². The largest absolute Gasteiger partial charge is 0.355 e. The summed E-state index contributed by atoms with van der Waals surface area (Å²) in [6.45, 7) is 3.64. The predicted octanol–water partition coefficient (Wildman–Crippen LogP) is 5.62. The van der Waals surface area contributed by atoms with E-state index in [1.165, 1.54) is 23.1 Å². The summed E-state index contributed by atoms with van der Waals surface area (Å²) in [5.74, 6) is -0.844. The normalized spacial score (nSPS) is 11.9. The van der Waals surface area contributed by atoms with Gasteiger partial charge in [-0.25, -0.2) is 8.42 Å². The second kappa shape index (κ2) is 14.2. The van der Waals surface area contributed by atoms with Gasteiger partial charge in [-0.2, -0.15) is 0 Å². The van der Waals surface area contributed by atoms with E-state index in [-0.39, 0.29) is 29.5 Å². The highest BCUT2D eigenvalue weighted by Crippen LogP contribution is 2.27. The van der Waals surface area contributed by atoms with Crippen LogP contribution in [0.5, 0.6) is 0 Å². The number of carbonyl (C=O) groups is 2. The molecule has 4 rings (SSSR count). The van der Waals surface area contributed by atoms with Crippen LogP contribution in [0.1, 0.15) is 23.6 Å². The SMILES string of the molecule is CCNC(=O)[C@H](Cc1ccccc1)N(Cc1ccccc1)C(=O)CN(c1cccc(Cl)c1)S(=O)(=O)c1ccc(C)cc1. The van der Waals surface area contributed by atoms with Gasteiger partial charge in [0.1, 0.15) is 12.6 Å². The van der Waals surface area contributed by atoms with Gasteiger partial charge < -0.3 is 10.2 Å². The lowest BCUT2D eigenvalue weighted by Gasteiger charge is -2.33. The lowest BCUT2D eigenvalue weighted by molar-refractivity contribution is -0.140. The quantitative estimate of drug-likeness (QED) is 0.228. The van der Waals surface area contributed by atoms with E-state index in [0.29, 0.717) is 11.6 Å². The summed E-state index contributed by atoms with van der Waals surface area (Å²) in [5.41, 5.74) is 2.83. The Morgan fingerprint density at radius 2 is 1.45 bits per heavy atom. The van der Waals surface area contributed by atoms with Gasteiger partial charge in [0.2, 0.25) is 11.8 Å². The first-order valence-electron chi connectivity index (χ1n) is 13.7. The Hall–Kier alpha value is -4.14. The Morgan fingerprint density at radius 1 is 0.833 bits per heavy atom. The molecule has 9 heteroatoms. The highest BCUT2D eigenvalue weighted by molar-refractivity contribution is 7.92. The molecule has 0 fully saturated rings. The van der Waals surface area contributed by atoms with Crippen LogP contribution in [0.15, 0.2) is 114 Å². The summed E-state index contributed by atoms with van der Waals surface area (Å²) in [7, 11) is -4.18. The standard InChI is InChI=1S/C33H34ClN3O4S/c1-3-35-33(39)31(21-26-11-6-4-7-12-26)36(23-27-13-8-5-9-14-27)32(38)24-37(29-16-10-15-28(34)22-29)42(40,41)30-19-17-25(2)18-20-30/h4-20,22,31H,3,21,23-24H2,1-2H3,(H,35,39)/t31-/m0/s1. The first-order valence-corrected chi connectivity index (χ1v) is 15.5. The average Bonchev–Trinajstić information content (AvgIpc) is 2.99. The summed E-state index contributed by atoms with van der Waals surface area (Å²) in [6.07, 6.45) is 0.257. The minimum atomic E-state index is -4.18. The van der Waals surface area contributed by atoms with E-state index in [4.69, 9.17) is 11.6 Å². The molecule has 0 spiro atoms. The summed E-state index contributed by atoms with van der Waals surface area (Å²) in [6, 6.07) is 30.7. The number of benzene rings is 4. The van der Waals surface area contributed by atoms with Gasteiger partial charge in [0, 0.05) is 24.5 Å². The number of likely N-dealkylation sites (N-methyl/N-ethyl adjacent to an activating group) is 1. The van der Waals surface area contributed by atoms with E-state index in [2.05, 4.69) is 5.32 Å². The summed E-state index contributed by atoms with van der Waals surface area (Å²) < 4.78 is 29.1. The van der Waals surface area contributed by atoms with Crippen molar-refractivity contribution in [2.75, 3.05) is 17.4 Å². The number of nitrogens with one attached hydrogen (secondary N) is 1. The van der Waals surface area contributed by atoms with Crippen molar-refractivity contribution >= 4 is 39.1 Å². The zero-order valence-electron chi connectivity index (χ0n) is 23.6. The first kappa shape index (κ1) is 30.8. The highest BCUT2D eigenvalue weighted by Gasteiger charge is 2.34. The number of rotatable bonds is 12. The summed E-state index contributed by atoms with van der Waals surface area (Å²) >= 11 is 6.26. The van der Waals surface area contributed by atoms with Crippen LogP contribution in [-0.2, 0) is 32.6 Å². The maximum absolute atomic E-state index is 14.3. The fourth-order valence-electron chi connectivity index (χ4n) is 4.62. The number of halogens is 1. The molecule has 4 aromatic rings. The number of hydrogen-bond donors (Lipinski definition) is 1. The molecule has 0 unspecified atom stereocenters. The topological polar surface area (TPSA) is 86.8 Å². The molecule has 218 valence electrons. The van der Waals surface area contributed by atoms with Gasteiger partial charge in [-0.1, -0.05) is 96.0 Å². The molecular weight excluding hydrogens is 570 g/mol. The third kappa shape index (κ3) is 7.78. The first-order chi connectivity index (χ1) is 20.2. The van der Waals surface area contributed by atoms with Gasteiger partial charge in [0.25, 0.3) is 10.0 Å². The van der Waals surface area contributed by atoms with Gasteiger partial charge in [-0.05, 0) is 55.3 Å². The Kier molecular flexibility index (Phi) is 10.4. The number of anilines is 1. The molecule has 1 atom stereocenters. The molecule has 0 aromatic heterocycles. The molecule has 7 nitrogen and oxygen atoms in total. The van der Waals surface area contributed by atoms with Gasteiger partial charge in [-0.15, -0.1) is 0 Å². The zero-order valence-corrected chi connectivity index (χ0v) is 25.2. The van der Waals surface area contributed by atoms with Crippen molar-refractivity contribution in [3.63, 3.8) is 0 Å². The smallest absolute Gasteiger partial charge is 0.264 e. The van der Waals surface area contributed by atoms with Crippen molar-refractivity contribution in [2.45, 2.75) is 37.8 Å². The number of aryl methyl sites for hydroxylation is 1. The second-order valence-corrected chi connectivity index (χ2v) is 12.2. The minimum absolute atomic E-state index is 0.0417. The van der Waals surface area contributed by atoms with Crippen LogP contribution in [0.4, 0.5) is 5.69 Å². The van der Waals surface area contributed by atoms with E-state index in [1.807, 2.05) is 74.5 Å². The number of sulfonamides is 1. The van der Waals surface area contributed by atoms with Crippen molar-refractivity contribution in [3.05, 3.63) is 131 Å². The molecule has 42 heavy (non-hydrogen) atoms. The molecule has 0 saturated carbocycles. The van der Waals surface area contributed by atoms with E-state index < -0.39 is 28.5 Å². The second-order valence-electron chi connectivity index (χ2n) is 9.91. The van der Waals surface area contributed by atoms with Gasteiger partial charge in [0.15, 0.2) is 0 Å². The fraction of sp³-hybridized carbons (Fsp3) is 0.212. The molecule has 0 radical (unpaired) electrons. The van der Waals surface area contributed by atoms with Crippen molar-refractivity contribution in [2.24, 2.45) is 0 Å². The van der Waals surface area contributed by atoms with Crippen molar-refractivity contribution in [3.8, 4) is 0 Å². The number of amides is 2. The van der Waals surface area contributed by atoms with Crippen LogP contribution < -0.4 is 9.62 Å². The summed E-state index contributed by atoms with van der Waals surface area (Å²) in [5, 5.41) is 3.19. The molecule has 0 aliphatic heterocycles. The Bertz CT molecular complexity index is 1600. The predicted molar refractivity (Wildman–Crippen MR) is 167 cm³/mol. The van der Waals surface area contributed by atoms with E-state index >= 15 is 0 Å². The number of carbonyl (C=O) groups excluding carboxylic acids is 2. The van der Waals surface area contributed by atoms with Crippen molar-refractivity contribution in [1.29, 1.82) is 0 Å². The van der Waals surface area contributed by atoms with Gasteiger partial charge in [0.05, 0.1) is 10.6 Å². The molecule has 4 aromatic carbocycles. The maximum Gasteiger partial charge on any atom is 0.264 e. The van der Waals surface area contributed by atoms with E-state index in [9.17, 15) is 18.0 Å². The molecule has 0 aliphatic rings. The lowest BCUT2D eigenvalue weighted by Crippen LogP contribution is -2.53. The molecule has 0 saturated heterocycles. The third-order valence-corrected chi connectivity index (χ3v) is 8.83. The van der Waals surface area contributed by atoms with E-state index in [1.54, 1.807) is 30.3 Å². The monoisotopic (exact) mass is 603 g/mol. The molecule has 2 amide bonds. The van der Waals surface area contributed by atoms with Crippen LogP contribution in [0.25, 0.3) is 0 Å². The highest BCUT2D eigenvalue weighted by atomic mass is 35.5. The molecule has 0 aliphatic carbocycles. The molecule has 0 bridgehead atoms. The van der Waals surface area contributed by atoms with Crippen molar-refractivity contribution < 1.29 is 18.0 Å². The Balaban J connectivity index is 1.78. The molecular formula is C33H34ClN3O4S. The Morgan fingerprint density at radius 3 is 2.05 bits per heavy atom. The maximum atomic E-state index is 14.3. The average molecular weight is 604 g/mol. The number of nitrogens with zero attached hydrogens (tertiary/aromatic N) is 2. The van der Waals surface area contributed by atoms with Gasteiger partial charge >= 0.3 is 0 Å². The number of hydrogen-bond acceptors (Lipinski definition) is 4. The fourth-order valence-corrected chi connectivity index (χ4v) is 6.21. The van der Waals surface area contributed by atoms with Crippen LogP contribution in [0, 0.1) is 6.92 Å². The van der Waals surface area contributed by atoms with Crippen LogP contribution in [0.3, 0.4) is 0 Å². The van der Waals surface area contributed by atoms with E-state index in [0.717, 1.165) is 21.0 Å². The molecule has 1 N–H and O–H groups in total. The van der Waals surface area contributed by atoms with Crippen LogP contribution in [0.2, 0.25) is 5.02 Å². The summed E-state index contributed by atoms with van der Waals surface area (Å²) in [4.78, 5) is 29.3. The zero-order chi connectivity index (χ0) is 30.1. The molecule has 0 heterocycles. The third-order valence-electron chi connectivity index (χ3n) is 6.80. The van der Waals surface area contributed by atoms with Crippen molar-refractivity contribution in [1.82, 2.24) is 10.2 Å². The van der Waals surface area contributed by atoms with Gasteiger partial charge in [-0.3, -0.25) is 13.9 Å².